The molecule has 3 heterocycles. The van der Waals surface area contributed by atoms with Gasteiger partial charge in [0.15, 0.2) is 0 Å². The van der Waals surface area contributed by atoms with E-state index in [1.54, 1.807) is 0 Å². The van der Waals surface area contributed by atoms with Gasteiger partial charge < -0.3 is 10.6 Å². The number of hydrogen-bond donors (Lipinski definition) is 2. The van der Waals surface area contributed by atoms with Crippen LogP contribution in [0.25, 0.3) is 0 Å². The molecule has 0 bridgehead atoms. The Morgan fingerprint density at radius 3 is 2.81 bits per heavy atom. The predicted molar refractivity (Wildman–Crippen MR) is 106 cm³/mol. The molecule has 0 aliphatic carbocycles. The van der Waals surface area contributed by atoms with Gasteiger partial charge in [0.05, 0.1) is 5.69 Å². The fourth-order valence-corrected chi connectivity index (χ4v) is 4.18. The maximum atomic E-state index is 4.57. The number of nitrogens with one attached hydrogen (secondary N) is 2. The summed E-state index contributed by atoms with van der Waals surface area (Å²) in [4.78, 5) is 2.60. The van der Waals surface area contributed by atoms with E-state index >= 15 is 0 Å². The third-order valence-electron chi connectivity index (χ3n) is 5.84. The molecule has 2 aliphatic rings. The summed E-state index contributed by atoms with van der Waals surface area (Å²) in [7, 11) is 0. The van der Waals surface area contributed by atoms with Gasteiger partial charge in [0, 0.05) is 44.2 Å². The second-order valence-electron chi connectivity index (χ2n) is 7.99. The van der Waals surface area contributed by atoms with Crippen molar-refractivity contribution in [1.82, 2.24) is 20.0 Å². The Hall–Kier alpha value is -1.85. The molecule has 1 fully saturated rings. The highest BCUT2D eigenvalue weighted by atomic mass is 15.3. The van der Waals surface area contributed by atoms with Crippen molar-refractivity contribution in [3.05, 3.63) is 47.2 Å². The minimum absolute atomic E-state index is 0.617. The van der Waals surface area contributed by atoms with Crippen LogP contribution in [-0.4, -0.2) is 46.9 Å². The minimum atomic E-state index is 0.617. The molecule has 2 N–H and O–H groups in total. The van der Waals surface area contributed by atoms with Crippen LogP contribution in [0.5, 0.6) is 0 Å². The Kier molecular flexibility index (Phi) is 5.27. The van der Waals surface area contributed by atoms with E-state index in [0.29, 0.717) is 12.0 Å². The molecule has 1 aromatic carbocycles. The van der Waals surface area contributed by atoms with Crippen molar-refractivity contribution < 1.29 is 0 Å². The van der Waals surface area contributed by atoms with Crippen LogP contribution in [0.1, 0.15) is 29.7 Å². The van der Waals surface area contributed by atoms with Crippen LogP contribution >= 0.6 is 0 Å². The Morgan fingerprint density at radius 2 is 2.00 bits per heavy atom. The van der Waals surface area contributed by atoms with Gasteiger partial charge >= 0.3 is 0 Å². The van der Waals surface area contributed by atoms with Crippen LogP contribution in [0.2, 0.25) is 0 Å². The van der Waals surface area contributed by atoms with Crippen LogP contribution in [0, 0.1) is 19.8 Å². The van der Waals surface area contributed by atoms with Crippen molar-refractivity contribution in [3.63, 3.8) is 0 Å². The lowest BCUT2D eigenvalue weighted by molar-refractivity contribution is 0.186. The molecular formula is C21H31N5. The number of likely N-dealkylation sites (tertiary alicyclic amines) is 1. The average Bonchev–Trinajstić information content (AvgIpc) is 3.02. The Bertz CT molecular complexity index is 730. The second-order valence-corrected chi connectivity index (χ2v) is 7.99. The van der Waals surface area contributed by atoms with Gasteiger partial charge in [-0.25, -0.2) is 4.68 Å². The monoisotopic (exact) mass is 353 g/mol. The Morgan fingerprint density at radius 1 is 1.19 bits per heavy atom. The number of aryl methyl sites for hydroxylation is 2. The third kappa shape index (κ3) is 4.10. The first-order chi connectivity index (χ1) is 12.7. The summed E-state index contributed by atoms with van der Waals surface area (Å²) in [5.74, 6) is 1.79. The van der Waals surface area contributed by atoms with E-state index in [0.717, 1.165) is 31.9 Å². The third-order valence-corrected chi connectivity index (χ3v) is 5.84. The Labute approximate surface area is 156 Å². The molecule has 2 aromatic rings. The first-order valence-electron chi connectivity index (χ1n) is 9.96. The highest BCUT2D eigenvalue weighted by Gasteiger charge is 2.23. The largest absolute Gasteiger partial charge is 0.370 e. The molecule has 1 saturated heterocycles. The Balaban J connectivity index is 1.20. The minimum Gasteiger partial charge on any atom is -0.370 e. The smallest absolute Gasteiger partial charge is 0.124 e. The predicted octanol–water partition coefficient (Wildman–Crippen LogP) is 2.80. The highest BCUT2D eigenvalue weighted by molar-refractivity contribution is 5.38. The number of fused-ring (bicyclic) bond motifs is 1. The van der Waals surface area contributed by atoms with Gasteiger partial charge in [0.1, 0.15) is 5.82 Å². The number of nitrogens with zero attached hydrogens (tertiary/aromatic N) is 3. The molecule has 1 atom stereocenters. The first-order valence-corrected chi connectivity index (χ1v) is 9.96. The van der Waals surface area contributed by atoms with Gasteiger partial charge in [-0.2, -0.15) is 5.10 Å². The average molecular weight is 354 g/mol. The van der Waals surface area contributed by atoms with E-state index in [2.05, 4.69) is 69.5 Å². The lowest BCUT2D eigenvalue weighted by atomic mass is 10.0. The number of piperidine rings is 1. The first kappa shape index (κ1) is 17.6. The molecule has 5 heteroatoms. The molecule has 0 unspecified atom stereocenters. The van der Waals surface area contributed by atoms with Crippen LogP contribution in [0.15, 0.2) is 30.3 Å². The normalized spacial score (nSPS) is 21.4. The van der Waals surface area contributed by atoms with Crippen molar-refractivity contribution in [2.24, 2.45) is 5.92 Å². The van der Waals surface area contributed by atoms with E-state index < -0.39 is 0 Å². The van der Waals surface area contributed by atoms with Crippen molar-refractivity contribution in [2.45, 2.75) is 45.8 Å². The summed E-state index contributed by atoms with van der Waals surface area (Å²) in [5, 5.41) is 11.9. The van der Waals surface area contributed by atoms with E-state index in [1.165, 1.54) is 42.9 Å². The van der Waals surface area contributed by atoms with E-state index in [4.69, 9.17) is 0 Å². The van der Waals surface area contributed by atoms with Crippen molar-refractivity contribution >= 4 is 5.82 Å². The second kappa shape index (κ2) is 7.80. The summed E-state index contributed by atoms with van der Waals surface area (Å²) in [6.07, 6.45) is 2.50. The molecule has 5 nitrogen and oxygen atoms in total. The zero-order chi connectivity index (χ0) is 17.9. The fraction of sp³-hybridized carbons (Fsp3) is 0.571. The number of hydrogen-bond acceptors (Lipinski definition) is 4. The van der Waals surface area contributed by atoms with Crippen molar-refractivity contribution in [1.29, 1.82) is 0 Å². The van der Waals surface area contributed by atoms with Gasteiger partial charge in [-0.05, 0) is 50.9 Å². The fourth-order valence-electron chi connectivity index (χ4n) is 4.18. The van der Waals surface area contributed by atoms with Crippen LogP contribution in [0.4, 0.5) is 5.82 Å². The zero-order valence-corrected chi connectivity index (χ0v) is 16.0. The molecule has 26 heavy (non-hydrogen) atoms. The van der Waals surface area contributed by atoms with Gasteiger partial charge in [-0.1, -0.05) is 24.3 Å². The van der Waals surface area contributed by atoms with Crippen molar-refractivity contribution in [2.75, 3.05) is 31.5 Å². The van der Waals surface area contributed by atoms with E-state index in [9.17, 15) is 0 Å². The molecule has 0 spiro atoms. The SMILES string of the molecule is Cc1cc2n(n1)C[C@@H](CNC1CCN(Cc3ccccc3C)CC1)CN2. The standard InChI is InChI=1S/C21H31N5/c1-16-5-3-4-6-19(16)15-25-9-7-20(8-10-25)22-12-18-13-23-21-11-17(2)24-26(21)14-18/h3-6,11,18,20,22-23H,7-10,12-15H2,1-2H3/t18-/m0/s1. The van der Waals surface area contributed by atoms with Gasteiger partial charge in [0.2, 0.25) is 0 Å². The lowest BCUT2D eigenvalue weighted by Gasteiger charge is -2.34. The lowest BCUT2D eigenvalue weighted by Crippen LogP contribution is -2.45. The number of rotatable bonds is 5. The van der Waals surface area contributed by atoms with E-state index in [-0.39, 0.29) is 0 Å². The van der Waals surface area contributed by atoms with Gasteiger partial charge in [-0.3, -0.25) is 4.90 Å². The molecule has 0 saturated carbocycles. The highest BCUT2D eigenvalue weighted by Crippen LogP contribution is 2.19. The molecule has 2 aliphatic heterocycles. The number of anilines is 1. The summed E-state index contributed by atoms with van der Waals surface area (Å²) < 4.78 is 2.12. The zero-order valence-electron chi connectivity index (χ0n) is 16.0. The summed E-state index contributed by atoms with van der Waals surface area (Å²) in [5.41, 5.74) is 3.98. The maximum Gasteiger partial charge on any atom is 0.124 e. The molecule has 1 aromatic heterocycles. The molecule has 0 amide bonds. The molecule has 4 rings (SSSR count). The van der Waals surface area contributed by atoms with Gasteiger partial charge in [-0.15, -0.1) is 0 Å². The summed E-state index contributed by atoms with van der Waals surface area (Å²) in [6, 6.07) is 11.6. The van der Waals surface area contributed by atoms with Crippen LogP contribution < -0.4 is 10.6 Å². The van der Waals surface area contributed by atoms with Crippen molar-refractivity contribution in [3.8, 4) is 0 Å². The van der Waals surface area contributed by atoms with E-state index in [1.807, 2.05) is 0 Å². The van der Waals surface area contributed by atoms with Gasteiger partial charge in [0.25, 0.3) is 0 Å². The molecular weight excluding hydrogens is 322 g/mol. The number of benzene rings is 1. The molecule has 0 radical (unpaired) electrons. The number of aromatic nitrogens is 2. The topological polar surface area (TPSA) is 45.1 Å². The quantitative estimate of drug-likeness (QED) is 0.868. The maximum absolute atomic E-state index is 4.57. The van der Waals surface area contributed by atoms with Crippen LogP contribution in [0.3, 0.4) is 0 Å². The summed E-state index contributed by atoms with van der Waals surface area (Å²) >= 11 is 0. The van der Waals surface area contributed by atoms with Crippen LogP contribution in [-0.2, 0) is 13.1 Å². The summed E-state index contributed by atoms with van der Waals surface area (Å²) in [6.45, 7) is 10.9. The molecule has 140 valence electrons.